The van der Waals surface area contributed by atoms with E-state index < -0.39 is 11.7 Å². The third-order valence-corrected chi connectivity index (χ3v) is 9.78. The number of amides is 2. The minimum atomic E-state index is -0.640. The summed E-state index contributed by atoms with van der Waals surface area (Å²) in [6.45, 7) is 8.09. The Morgan fingerprint density at radius 2 is 1.80 bits per heavy atom. The number of hydrogen-bond acceptors (Lipinski definition) is 7. The minimum Gasteiger partial charge on any atom is -0.457 e. The molecule has 0 radical (unpaired) electrons. The second kappa shape index (κ2) is 13.8. The lowest BCUT2D eigenvalue weighted by molar-refractivity contribution is -0.130. The van der Waals surface area contributed by atoms with Gasteiger partial charge in [-0.2, -0.15) is 0 Å². The molecule has 10 heteroatoms. The Morgan fingerprint density at radius 3 is 2.46 bits per heavy atom. The van der Waals surface area contributed by atoms with Gasteiger partial charge < -0.3 is 35.4 Å². The molecule has 4 fully saturated rings. The average molecular weight is 630 g/mol. The lowest BCUT2D eigenvalue weighted by atomic mass is 9.99. The van der Waals surface area contributed by atoms with Crippen molar-refractivity contribution in [1.82, 2.24) is 15.1 Å². The number of halogens is 1. The van der Waals surface area contributed by atoms with Gasteiger partial charge in [-0.1, -0.05) is 13.8 Å². The van der Waals surface area contributed by atoms with Crippen molar-refractivity contribution in [2.45, 2.75) is 64.6 Å². The number of hydrogen-bond donors (Lipinski definition) is 3. The molecule has 3 N–H and O–H groups in total. The van der Waals surface area contributed by atoms with Crippen LogP contribution in [0.4, 0.5) is 4.39 Å². The number of nitrogens with zero attached hydrogens (tertiary/aromatic N) is 2. The van der Waals surface area contributed by atoms with Crippen molar-refractivity contribution in [2.75, 3.05) is 32.8 Å². The van der Waals surface area contributed by atoms with Crippen LogP contribution in [0, 0.1) is 34.4 Å². The monoisotopic (exact) mass is 629 g/mol. The van der Waals surface area contributed by atoms with E-state index in [2.05, 4.69) is 10.2 Å². The zero-order valence-electron chi connectivity index (χ0n) is 26.7. The van der Waals surface area contributed by atoms with Gasteiger partial charge >= 0.3 is 0 Å². The van der Waals surface area contributed by atoms with E-state index in [9.17, 15) is 9.59 Å². The maximum absolute atomic E-state index is 15.6. The molecule has 46 heavy (non-hydrogen) atoms. The first-order valence-corrected chi connectivity index (χ1v) is 16.5. The third-order valence-electron chi connectivity index (χ3n) is 9.78. The first-order valence-electron chi connectivity index (χ1n) is 16.5. The van der Waals surface area contributed by atoms with Gasteiger partial charge in [0.2, 0.25) is 5.91 Å². The van der Waals surface area contributed by atoms with Crippen LogP contribution in [-0.4, -0.2) is 78.0 Å². The van der Waals surface area contributed by atoms with Crippen molar-refractivity contribution in [1.29, 1.82) is 10.8 Å². The number of nitrogens with one attached hydrogen (secondary N) is 3. The van der Waals surface area contributed by atoms with Crippen LogP contribution in [0.2, 0.25) is 0 Å². The summed E-state index contributed by atoms with van der Waals surface area (Å²) in [7, 11) is 0. The van der Waals surface area contributed by atoms with Crippen LogP contribution in [0.1, 0.15) is 67.4 Å². The van der Waals surface area contributed by atoms with Crippen molar-refractivity contribution in [2.24, 2.45) is 17.8 Å². The van der Waals surface area contributed by atoms with E-state index in [1.165, 1.54) is 12.1 Å². The molecule has 3 heterocycles. The number of piperidine rings is 2. The Balaban J connectivity index is 1.16. The molecule has 3 saturated heterocycles. The number of allylic oxidation sites excluding steroid dienone is 2. The summed E-state index contributed by atoms with van der Waals surface area (Å²) in [5, 5.41) is 19.4. The van der Waals surface area contributed by atoms with E-state index in [0.717, 1.165) is 58.4 Å². The summed E-state index contributed by atoms with van der Waals surface area (Å²) in [6, 6.07) is 10.2. The number of fused-ring (bicyclic) bond motifs is 1. The predicted molar refractivity (Wildman–Crippen MR) is 174 cm³/mol. The Labute approximate surface area is 270 Å². The lowest BCUT2D eigenvalue weighted by Gasteiger charge is -2.39. The molecule has 0 bridgehead atoms. The van der Waals surface area contributed by atoms with Crippen molar-refractivity contribution >= 4 is 23.2 Å². The van der Waals surface area contributed by atoms with Gasteiger partial charge in [-0.3, -0.25) is 9.59 Å². The van der Waals surface area contributed by atoms with Crippen LogP contribution in [-0.2, 0) is 16.1 Å². The Hall–Kier alpha value is -3.89. The van der Waals surface area contributed by atoms with E-state index >= 15 is 4.39 Å². The number of rotatable bonds is 11. The number of carbonyl (C=O) groups excluding carboxylic acids is 2. The topological polar surface area (TPSA) is 119 Å². The van der Waals surface area contributed by atoms with Crippen LogP contribution in [0.3, 0.4) is 0 Å². The molecule has 2 aromatic rings. The smallest absolute Gasteiger partial charge is 0.254 e. The molecule has 244 valence electrons. The molecule has 2 aromatic carbocycles. The summed E-state index contributed by atoms with van der Waals surface area (Å²) in [5.74, 6) is 0.302. The molecule has 0 spiro atoms. The average Bonchev–Trinajstić information content (AvgIpc) is 3.77. The highest BCUT2D eigenvalue weighted by Gasteiger charge is 2.52. The predicted octanol–water partition coefficient (Wildman–Crippen LogP) is 5.57. The van der Waals surface area contributed by atoms with Crippen molar-refractivity contribution in [3.05, 3.63) is 71.1 Å². The highest BCUT2D eigenvalue weighted by Crippen LogP contribution is 2.46. The van der Waals surface area contributed by atoms with Crippen LogP contribution in [0.15, 0.2) is 48.6 Å². The molecule has 9 nitrogen and oxygen atoms in total. The normalized spacial score (nSPS) is 22.3. The Morgan fingerprint density at radius 1 is 1.09 bits per heavy atom. The van der Waals surface area contributed by atoms with Crippen molar-refractivity contribution in [3.8, 4) is 11.5 Å². The zero-order chi connectivity index (χ0) is 32.4. The summed E-state index contributed by atoms with van der Waals surface area (Å²) in [4.78, 5) is 30.4. The molecule has 1 saturated carbocycles. The van der Waals surface area contributed by atoms with Crippen molar-refractivity contribution in [3.63, 3.8) is 0 Å². The van der Waals surface area contributed by atoms with Crippen LogP contribution in [0.25, 0.3) is 0 Å². The minimum absolute atomic E-state index is 0.0397. The van der Waals surface area contributed by atoms with Gasteiger partial charge in [0.15, 0.2) is 0 Å². The number of benzene rings is 2. The summed E-state index contributed by atoms with van der Waals surface area (Å²) < 4.78 is 27.3. The van der Waals surface area contributed by atoms with Crippen LogP contribution in [0.5, 0.6) is 11.5 Å². The highest BCUT2D eigenvalue weighted by molar-refractivity contribution is 6.10. The molecule has 2 unspecified atom stereocenters. The quantitative estimate of drug-likeness (QED) is 0.281. The van der Waals surface area contributed by atoms with E-state index in [4.69, 9.17) is 20.3 Å². The SMILES string of the molecule is CC(C)C(=N)/C=C\C(=N)c1ccc(Oc2cc(C(=O)NC3CCN(C4CCOCC4)CC3)c(F)cc2CN2CC3CC3C2=O)cc1. The lowest BCUT2D eigenvalue weighted by Crippen LogP contribution is -2.49. The zero-order valence-corrected chi connectivity index (χ0v) is 26.7. The van der Waals surface area contributed by atoms with E-state index in [0.29, 0.717) is 46.8 Å². The molecule has 6 rings (SSSR count). The summed E-state index contributed by atoms with van der Waals surface area (Å²) in [6.07, 6.45) is 7.85. The molecule has 2 atom stereocenters. The Kier molecular flexibility index (Phi) is 9.65. The number of ether oxygens (including phenoxy) is 2. The summed E-state index contributed by atoms with van der Waals surface area (Å²) in [5.41, 5.74) is 1.78. The fourth-order valence-corrected chi connectivity index (χ4v) is 6.71. The van der Waals surface area contributed by atoms with E-state index in [-0.39, 0.29) is 41.6 Å². The molecular weight excluding hydrogens is 585 g/mol. The van der Waals surface area contributed by atoms with E-state index in [1.54, 1.807) is 41.3 Å². The van der Waals surface area contributed by atoms with Crippen molar-refractivity contribution < 1.29 is 23.5 Å². The second-order valence-electron chi connectivity index (χ2n) is 13.4. The van der Waals surface area contributed by atoms with E-state index in [1.807, 2.05) is 13.8 Å². The number of carbonyl (C=O) groups is 2. The maximum atomic E-state index is 15.6. The fraction of sp³-hybridized carbons (Fsp3) is 0.500. The molecular formula is C36H44FN5O4. The Bertz CT molecular complexity index is 1510. The van der Waals surface area contributed by atoms with Gasteiger partial charge in [0.05, 0.1) is 11.3 Å². The third kappa shape index (κ3) is 7.39. The number of likely N-dealkylation sites (tertiary alicyclic amines) is 2. The van der Waals surface area contributed by atoms with Gasteiger partial charge in [0.1, 0.15) is 17.3 Å². The van der Waals surface area contributed by atoms with Gasteiger partial charge in [-0.25, -0.2) is 4.39 Å². The molecule has 1 aliphatic carbocycles. The standard InChI is InChI=1S/C36H44FN5O4/c1-22(2)32(38)7-8-33(39)23-3-5-28(6-4-23)46-34-19-30(31(37)18-25(34)21-42-20-24-17-29(24)36(42)44)35(43)40-26-9-13-41(14-10-26)27-11-15-45-16-12-27/h3-8,18-19,22,24,26-27,29,38-39H,9-17,20-21H2,1-2H3,(H,40,43)/b8-7-,38-32?,39-33?. The van der Waals surface area contributed by atoms with Gasteiger partial charge in [-0.15, -0.1) is 0 Å². The summed E-state index contributed by atoms with van der Waals surface area (Å²) >= 11 is 0. The molecule has 4 aliphatic rings. The van der Waals surface area contributed by atoms with Gasteiger partial charge in [0, 0.05) is 68.7 Å². The van der Waals surface area contributed by atoms with Crippen LogP contribution >= 0.6 is 0 Å². The molecule has 2 amide bonds. The molecule has 0 aromatic heterocycles. The van der Waals surface area contributed by atoms with Crippen LogP contribution < -0.4 is 10.1 Å². The molecule has 3 aliphatic heterocycles. The van der Waals surface area contributed by atoms with Gasteiger partial charge in [0.25, 0.3) is 5.91 Å². The maximum Gasteiger partial charge on any atom is 0.254 e. The first-order chi connectivity index (χ1) is 22.2. The highest BCUT2D eigenvalue weighted by atomic mass is 19.1. The first kappa shape index (κ1) is 32.1. The second-order valence-corrected chi connectivity index (χ2v) is 13.4. The largest absolute Gasteiger partial charge is 0.457 e. The fourth-order valence-electron chi connectivity index (χ4n) is 6.71. The van der Waals surface area contributed by atoms with Gasteiger partial charge in [-0.05, 0) is 98.1 Å².